The Kier molecular flexibility index (Phi) is 4.44. The van der Waals surface area contributed by atoms with E-state index in [1.54, 1.807) is 11.1 Å². The van der Waals surface area contributed by atoms with Gasteiger partial charge in [-0.15, -0.1) is 0 Å². The summed E-state index contributed by atoms with van der Waals surface area (Å²) >= 11 is 0. The maximum atomic E-state index is 2.35. The van der Waals surface area contributed by atoms with Gasteiger partial charge in [-0.05, 0) is 49.2 Å². The van der Waals surface area contributed by atoms with Crippen molar-refractivity contribution < 1.29 is 0 Å². The van der Waals surface area contributed by atoms with Crippen molar-refractivity contribution in [2.45, 2.75) is 25.7 Å². The van der Waals surface area contributed by atoms with Crippen LogP contribution in [-0.4, -0.2) is 25.5 Å². The molecule has 1 atom stereocenters. The number of fused-ring (bicyclic) bond motifs is 1. The highest BCUT2D eigenvalue weighted by Crippen LogP contribution is 2.42. The van der Waals surface area contributed by atoms with E-state index in [1.807, 2.05) is 0 Å². The number of allylic oxidation sites excluding steroid dienone is 1. The van der Waals surface area contributed by atoms with Gasteiger partial charge in [-0.3, -0.25) is 0 Å². The Morgan fingerprint density at radius 1 is 0.955 bits per heavy atom. The minimum Gasteiger partial charge on any atom is -0.309 e. The molecule has 1 unspecified atom stereocenters. The van der Waals surface area contributed by atoms with Gasteiger partial charge >= 0.3 is 0 Å². The van der Waals surface area contributed by atoms with E-state index in [2.05, 4.69) is 80.5 Å². The van der Waals surface area contributed by atoms with Gasteiger partial charge < -0.3 is 4.90 Å². The Morgan fingerprint density at radius 2 is 1.64 bits per heavy atom. The highest BCUT2D eigenvalue weighted by atomic mass is 15.0. The molecule has 0 saturated heterocycles. The second-order valence-electron chi connectivity index (χ2n) is 6.54. The number of rotatable bonds is 5. The number of nitrogens with zero attached hydrogens (tertiary/aromatic N) is 1. The van der Waals surface area contributed by atoms with Gasteiger partial charge in [-0.1, -0.05) is 67.1 Å². The van der Waals surface area contributed by atoms with E-state index in [0.29, 0.717) is 5.92 Å². The average Bonchev–Trinajstić information content (AvgIpc) is 2.91. The molecule has 2 aromatic rings. The van der Waals surface area contributed by atoms with Crippen LogP contribution in [0.3, 0.4) is 0 Å². The minimum absolute atomic E-state index is 0.460. The molecule has 0 saturated carbocycles. The normalized spacial score (nSPS) is 15.3. The van der Waals surface area contributed by atoms with Crippen LogP contribution in [0.1, 0.15) is 36.0 Å². The van der Waals surface area contributed by atoms with Crippen molar-refractivity contribution >= 4 is 5.57 Å². The van der Waals surface area contributed by atoms with Crippen LogP contribution < -0.4 is 0 Å². The van der Waals surface area contributed by atoms with Crippen molar-refractivity contribution in [3.63, 3.8) is 0 Å². The van der Waals surface area contributed by atoms with Crippen LogP contribution in [0.2, 0.25) is 0 Å². The van der Waals surface area contributed by atoms with Crippen molar-refractivity contribution in [3.8, 4) is 0 Å². The molecule has 2 aromatic carbocycles. The van der Waals surface area contributed by atoms with Gasteiger partial charge in [0.15, 0.2) is 0 Å². The van der Waals surface area contributed by atoms with E-state index < -0.39 is 0 Å². The molecule has 1 heteroatoms. The predicted molar refractivity (Wildman–Crippen MR) is 95.1 cm³/mol. The first-order valence-corrected chi connectivity index (χ1v) is 8.16. The molecule has 0 bridgehead atoms. The highest BCUT2D eigenvalue weighted by molar-refractivity contribution is 5.80. The summed E-state index contributed by atoms with van der Waals surface area (Å²) in [6.07, 6.45) is 2.28. The highest BCUT2D eigenvalue weighted by Gasteiger charge is 2.25. The first kappa shape index (κ1) is 15.1. The predicted octanol–water partition coefficient (Wildman–Crippen LogP) is 4.75. The van der Waals surface area contributed by atoms with E-state index >= 15 is 0 Å². The third-order valence-electron chi connectivity index (χ3n) is 4.69. The molecule has 1 aliphatic rings. The Balaban J connectivity index is 1.99. The molecule has 1 aliphatic carbocycles. The third-order valence-corrected chi connectivity index (χ3v) is 4.69. The van der Waals surface area contributed by atoms with Crippen molar-refractivity contribution in [1.82, 2.24) is 4.90 Å². The molecule has 0 aromatic heterocycles. The van der Waals surface area contributed by atoms with Gasteiger partial charge in [0, 0.05) is 12.5 Å². The maximum Gasteiger partial charge on any atom is 0.00667 e. The number of benzene rings is 2. The van der Waals surface area contributed by atoms with Gasteiger partial charge in [-0.2, -0.15) is 0 Å². The molecule has 114 valence electrons. The fraction of sp³-hybridized carbons (Fsp3) is 0.333. The largest absolute Gasteiger partial charge is 0.309 e. The molecule has 0 aliphatic heterocycles. The average molecular weight is 291 g/mol. The zero-order valence-corrected chi connectivity index (χ0v) is 13.8. The molecule has 1 nitrogen and oxygen atoms in total. The first-order chi connectivity index (χ1) is 10.7. The Morgan fingerprint density at radius 3 is 2.36 bits per heavy atom. The van der Waals surface area contributed by atoms with Gasteiger partial charge in [0.2, 0.25) is 0 Å². The van der Waals surface area contributed by atoms with Crippen molar-refractivity contribution in [2.75, 3.05) is 20.6 Å². The molecule has 3 rings (SSSR count). The molecule has 0 radical (unpaired) electrons. The van der Waals surface area contributed by atoms with Gasteiger partial charge in [-0.25, -0.2) is 0 Å². The topological polar surface area (TPSA) is 3.24 Å². The van der Waals surface area contributed by atoms with E-state index in [4.69, 9.17) is 0 Å². The van der Waals surface area contributed by atoms with Crippen LogP contribution in [0.4, 0.5) is 0 Å². The standard InChI is InChI=1S/C21H25N/c1-16(17-9-5-4-6-10-17)21-19(13-14-22(2)3)15-18-11-7-8-12-20(18)21/h4-12,16H,13-15H2,1-3H3. The van der Waals surface area contributed by atoms with E-state index in [-0.39, 0.29) is 0 Å². The summed E-state index contributed by atoms with van der Waals surface area (Å²) < 4.78 is 0. The summed E-state index contributed by atoms with van der Waals surface area (Å²) in [7, 11) is 4.31. The summed E-state index contributed by atoms with van der Waals surface area (Å²) in [6, 6.07) is 19.8. The van der Waals surface area contributed by atoms with E-state index in [9.17, 15) is 0 Å². The van der Waals surface area contributed by atoms with Crippen molar-refractivity contribution in [2.24, 2.45) is 0 Å². The quantitative estimate of drug-likeness (QED) is 0.768. The van der Waals surface area contributed by atoms with Gasteiger partial charge in [0.05, 0.1) is 0 Å². The lowest BCUT2D eigenvalue weighted by Gasteiger charge is -2.18. The maximum absolute atomic E-state index is 2.35. The fourth-order valence-electron chi connectivity index (χ4n) is 3.48. The Hall–Kier alpha value is -1.86. The second-order valence-corrected chi connectivity index (χ2v) is 6.54. The van der Waals surface area contributed by atoms with Gasteiger partial charge in [0.1, 0.15) is 0 Å². The van der Waals surface area contributed by atoms with Crippen LogP contribution in [-0.2, 0) is 6.42 Å². The van der Waals surface area contributed by atoms with E-state index in [0.717, 1.165) is 19.4 Å². The van der Waals surface area contributed by atoms with Gasteiger partial charge in [0.25, 0.3) is 0 Å². The molecule has 0 N–H and O–H groups in total. The summed E-state index contributed by atoms with van der Waals surface area (Å²) in [5.74, 6) is 0.460. The lowest BCUT2D eigenvalue weighted by atomic mass is 9.87. The summed E-state index contributed by atoms with van der Waals surface area (Å²) in [6.45, 7) is 3.47. The number of hydrogen-bond acceptors (Lipinski definition) is 1. The van der Waals surface area contributed by atoms with Crippen LogP contribution >= 0.6 is 0 Å². The van der Waals surface area contributed by atoms with Crippen LogP contribution in [0, 0.1) is 0 Å². The molecular weight excluding hydrogens is 266 g/mol. The smallest absolute Gasteiger partial charge is 0.00667 e. The Bertz CT molecular complexity index is 667. The fourth-order valence-corrected chi connectivity index (χ4v) is 3.48. The van der Waals surface area contributed by atoms with Crippen molar-refractivity contribution in [1.29, 1.82) is 0 Å². The molecule has 22 heavy (non-hydrogen) atoms. The molecule has 0 fully saturated rings. The lowest BCUT2D eigenvalue weighted by molar-refractivity contribution is 0.412. The summed E-state index contributed by atoms with van der Waals surface area (Å²) in [4.78, 5) is 2.28. The monoisotopic (exact) mass is 291 g/mol. The lowest BCUT2D eigenvalue weighted by Crippen LogP contribution is -2.14. The van der Waals surface area contributed by atoms with Crippen LogP contribution in [0.25, 0.3) is 5.57 Å². The second kappa shape index (κ2) is 6.50. The third kappa shape index (κ3) is 3.00. The SMILES string of the molecule is CC(C1=C(CCN(C)C)Cc2ccccc21)c1ccccc1. The minimum atomic E-state index is 0.460. The first-order valence-electron chi connectivity index (χ1n) is 8.16. The van der Waals surface area contributed by atoms with Crippen LogP contribution in [0.15, 0.2) is 60.2 Å². The Labute approximate surface area is 134 Å². The molecule has 0 amide bonds. The molecule has 0 spiro atoms. The molecular formula is C21H25N. The summed E-state index contributed by atoms with van der Waals surface area (Å²) in [5.41, 5.74) is 7.55. The molecule has 0 heterocycles. The van der Waals surface area contributed by atoms with Crippen LogP contribution in [0.5, 0.6) is 0 Å². The summed E-state index contributed by atoms with van der Waals surface area (Å²) in [5, 5.41) is 0. The van der Waals surface area contributed by atoms with E-state index in [1.165, 1.54) is 16.7 Å². The van der Waals surface area contributed by atoms with Crippen molar-refractivity contribution in [3.05, 3.63) is 76.9 Å². The zero-order chi connectivity index (χ0) is 15.5. The number of hydrogen-bond donors (Lipinski definition) is 0. The zero-order valence-electron chi connectivity index (χ0n) is 13.8.